The zero-order valence-corrected chi connectivity index (χ0v) is 8.82. The van der Waals surface area contributed by atoms with Gasteiger partial charge < -0.3 is 0 Å². The number of alkyl halides is 3. The minimum atomic E-state index is -4.13. The van der Waals surface area contributed by atoms with E-state index in [-0.39, 0.29) is 12.8 Å². The van der Waals surface area contributed by atoms with Crippen LogP contribution < -0.4 is 0 Å². The molecule has 0 nitrogen and oxygen atoms in total. The maximum absolute atomic E-state index is 12.7. The summed E-state index contributed by atoms with van der Waals surface area (Å²) in [5.41, 5.74) is -1.21. The van der Waals surface area contributed by atoms with Crippen LogP contribution in [0.2, 0.25) is 0 Å². The molecule has 0 atom stereocenters. The van der Waals surface area contributed by atoms with E-state index in [0.29, 0.717) is 10.0 Å². The van der Waals surface area contributed by atoms with Gasteiger partial charge >= 0.3 is 6.18 Å². The van der Waals surface area contributed by atoms with Gasteiger partial charge in [-0.25, -0.2) is 0 Å². The molecule has 4 heteroatoms. The van der Waals surface area contributed by atoms with Gasteiger partial charge in [-0.15, -0.1) is 0 Å². The van der Waals surface area contributed by atoms with Crippen molar-refractivity contribution in [3.63, 3.8) is 0 Å². The van der Waals surface area contributed by atoms with Crippen molar-refractivity contribution >= 4 is 15.9 Å². The Labute approximate surface area is 88.2 Å². The minimum absolute atomic E-state index is 0.207. The van der Waals surface area contributed by atoms with E-state index in [1.807, 2.05) is 0 Å². The lowest BCUT2D eigenvalue weighted by atomic mass is 9.95. The fourth-order valence-electron chi connectivity index (χ4n) is 1.68. The van der Waals surface area contributed by atoms with Crippen molar-refractivity contribution in [3.05, 3.63) is 34.3 Å². The van der Waals surface area contributed by atoms with Crippen LogP contribution in [-0.2, 0) is 5.41 Å². The third-order valence-corrected chi connectivity index (χ3v) is 3.37. The van der Waals surface area contributed by atoms with Crippen LogP contribution >= 0.6 is 15.9 Å². The van der Waals surface area contributed by atoms with Crippen molar-refractivity contribution in [3.8, 4) is 0 Å². The van der Waals surface area contributed by atoms with E-state index < -0.39 is 11.6 Å². The Morgan fingerprint density at radius 3 is 2.14 bits per heavy atom. The molecule has 1 aromatic carbocycles. The molecular weight excluding hydrogens is 257 g/mol. The summed E-state index contributed by atoms with van der Waals surface area (Å²) in [6.07, 6.45) is -3.71. The minimum Gasteiger partial charge on any atom is -0.170 e. The van der Waals surface area contributed by atoms with Crippen LogP contribution in [0.1, 0.15) is 18.4 Å². The highest BCUT2D eigenvalue weighted by molar-refractivity contribution is 9.10. The zero-order valence-electron chi connectivity index (χ0n) is 7.24. The van der Waals surface area contributed by atoms with Crippen LogP contribution in [0.15, 0.2) is 28.7 Å². The molecular formula is C10H8BrF3. The Morgan fingerprint density at radius 2 is 1.71 bits per heavy atom. The molecule has 1 fully saturated rings. The molecule has 0 saturated heterocycles. The molecule has 1 aromatic rings. The summed E-state index contributed by atoms with van der Waals surface area (Å²) >= 11 is 3.16. The normalized spacial score (nSPS) is 19.4. The lowest BCUT2D eigenvalue weighted by Gasteiger charge is -2.20. The largest absolute Gasteiger partial charge is 0.398 e. The first-order valence-corrected chi connectivity index (χ1v) is 5.08. The average Bonchev–Trinajstić information content (AvgIpc) is 2.84. The molecule has 0 amide bonds. The molecule has 1 saturated carbocycles. The molecule has 1 aliphatic carbocycles. The van der Waals surface area contributed by atoms with Crippen molar-refractivity contribution in [2.75, 3.05) is 0 Å². The Morgan fingerprint density at radius 1 is 1.14 bits per heavy atom. The summed E-state index contributed by atoms with van der Waals surface area (Å²) in [6, 6.07) is 6.57. The molecule has 14 heavy (non-hydrogen) atoms. The summed E-state index contributed by atoms with van der Waals surface area (Å²) in [7, 11) is 0. The Balaban J connectivity index is 2.46. The second-order valence-electron chi connectivity index (χ2n) is 3.56. The van der Waals surface area contributed by atoms with Gasteiger partial charge in [-0.2, -0.15) is 13.2 Å². The number of halogens is 4. The average molecular weight is 265 g/mol. The number of benzene rings is 1. The van der Waals surface area contributed by atoms with Crippen molar-refractivity contribution in [1.82, 2.24) is 0 Å². The second-order valence-corrected chi connectivity index (χ2v) is 4.41. The first kappa shape index (κ1) is 10.0. The van der Waals surface area contributed by atoms with Gasteiger partial charge in [0.2, 0.25) is 0 Å². The first-order chi connectivity index (χ1) is 6.47. The van der Waals surface area contributed by atoms with Gasteiger partial charge in [0.05, 0.1) is 5.41 Å². The van der Waals surface area contributed by atoms with Gasteiger partial charge in [-0.1, -0.05) is 34.1 Å². The third-order valence-electron chi connectivity index (χ3n) is 2.68. The molecule has 2 rings (SSSR count). The molecule has 0 spiro atoms. The number of hydrogen-bond acceptors (Lipinski definition) is 0. The van der Waals surface area contributed by atoms with Crippen LogP contribution in [0.25, 0.3) is 0 Å². The van der Waals surface area contributed by atoms with E-state index in [1.54, 1.807) is 24.3 Å². The maximum atomic E-state index is 12.7. The number of hydrogen-bond donors (Lipinski definition) is 0. The monoisotopic (exact) mass is 264 g/mol. The summed E-state index contributed by atoms with van der Waals surface area (Å²) in [5.74, 6) is 0. The Hall–Kier alpha value is -0.510. The molecule has 0 N–H and O–H groups in total. The highest BCUT2D eigenvalue weighted by Crippen LogP contribution is 2.60. The smallest absolute Gasteiger partial charge is 0.170 e. The lowest BCUT2D eigenvalue weighted by molar-refractivity contribution is -0.160. The van der Waals surface area contributed by atoms with Gasteiger partial charge in [-0.3, -0.25) is 0 Å². The highest BCUT2D eigenvalue weighted by atomic mass is 79.9. The van der Waals surface area contributed by atoms with Crippen LogP contribution in [0.4, 0.5) is 13.2 Å². The molecule has 0 aromatic heterocycles. The SMILES string of the molecule is FC(F)(F)C1(c2ccccc2Br)CC1. The summed E-state index contributed by atoms with van der Waals surface area (Å²) < 4.78 is 38.8. The number of rotatable bonds is 1. The van der Waals surface area contributed by atoms with E-state index in [2.05, 4.69) is 15.9 Å². The van der Waals surface area contributed by atoms with Gasteiger partial charge in [0.25, 0.3) is 0 Å². The molecule has 0 unspecified atom stereocenters. The van der Waals surface area contributed by atoms with Crippen molar-refractivity contribution < 1.29 is 13.2 Å². The molecule has 0 bridgehead atoms. The quantitative estimate of drug-likeness (QED) is 0.718. The van der Waals surface area contributed by atoms with E-state index in [4.69, 9.17) is 0 Å². The van der Waals surface area contributed by atoms with Gasteiger partial charge in [0.1, 0.15) is 0 Å². The predicted molar refractivity (Wildman–Crippen MR) is 51.1 cm³/mol. The van der Waals surface area contributed by atoms with E-state index in [9.17, 15) is 13.2 Å². The molecule has 0 radical (unpaired) electrons. The van der Waals surface area contributed by atoms with Crippen molar-refractivity contribution in [1.29, 1.82) is 0 Å². The van der Waals surface area contributed by atoms with E-state index in [1.165, 1.54) is 0 Å². The van der Waals surface area contributed by atoms with Crippen LogP contribution in [0.5, 0.6) is 0 Å². The van der Waals surface area contributed by atoms with Gasteiger partial charge in [0, 0.05) is 4.47 Å². The van der Waals surface area contributed by atoms with Crippen LogP contribution in [-0.4, -0.2) is 6.18 Å². The van der Waals surface area contributed by atoms with E-state index in [0.717, 1.165) is 0 Å². The summed E-state index contributed by atoms with van der Waals surface area (Å²) in [5, 5.41) is 0. The molecule has 0 heterocycles. The second kappa shape index (κ2) is 2.99. The summed E-state index contributed by atoms with van der Waals surface area (Å²) in [4.78, 5) is 0. The van der Waals surface area contributed by atoms with Crippen molar-refractivity contribution in [2.45, 2.75) is 24.4 Å². The third kappa shape index (κ3) is 1.36. The highest BCUT2D eigenvalue weighted by Gasteiger charge is 2.64. The fraction of sp³-hybridized carbons (Fsp3) is 0.400. The molecule has 76 valence electrons. The van der Waals surface area contributed by atoms with E-state index >= 15 is 0 Å². The zero-order chi connectivity index (χ0) is 10.4. The molecule has 1 aliphatic rings. The standard InChI is InChI=1S/C10H8BrF3/c11-8-4-2-1-3-7(8)9(5-6-9)10(12,13)14/h1-4H,5-6H2. The topological polar surface area (TPSA) is 0 Å². The summed E-state index contributed by atoms with van der Waals surface area (Å²) in [6.45, 7) is 0. The Bertz CT molecular complexity index is 353. The van der Waals surface area contributed by atoms with Crippen LogP contribution in [0, 0.1) is 0 Å². The maximum Gasteiger partial charge on any atom is 0.398 e. The molecule has 0 aliphatic heterocycles. The van der Waals surface area contributed by atoms with Crippen molar-refractivity contribution in [2.24, 2.45) is 0 Å². The predicted octanol–water partition coefficient (Wildman–Crippen LogP) is 4.04. The Kier molecular flexibility index (Phi) is 2.14. The van der Waals surface area contributed by atoms with Crippen LogP contribution in [0.3, 0.4) is 0 Å². The fourth-order valence-corrected chi connectivity index (χ4v) is 2.34. The van der Waals surface area contributed by atoms with Gasteiger partial charge in [0.15, 0.2) is 0 Å². The lowest BCUT2D eigenvalue weighted by Crippen LogP contribution is -2.28. The first-order valence-electron chi connectivity index (χ1n) is 4.29. The van der Waals surface area contributed by atoms with Gasteiger partial charge in [-0.05, 0) is 24.5 Å².